The predicted molar refractivity (Wildman–Crippen MR) is 84.4 cm³/mol. The molecule has 6 heteroatoms. The lowest BCUT2D eigenvalue weighted by molar-refractivity contribution is 0.0495. The molecule has 0 radical (unpaired) electrons. The van der Waals surface area contributed by atoms with Crippen LogP contribution in [0, 0.1) is 0 Å². The Bertz CT molecular complexity index is 765. The summed E-state index contributed by atoms with van der Waals surface area (Å²) in [6.45, 7) is 3.21. The summed E-state index contributed by atoms with van der Waals surface area (Å²) >= 11 is 0. The van der Waals surface area contributed by atoms with E-state index in [2.05, 4.69) is 32.5 Å². The number of aromatic nitrogens is 3. The number of imidazole rings is 1. The van der Waals surface area contributed by atoms with Crippen LogP contribution >= 0.6 is 0 Å². The summed E-state index contributed by atoms with van der Waals surface area (Å²) in [5.74, 6) is 0.805. The molecule has 4 rings (SSSR count). The summed E-state index contributed by atoms with van der Waals surface area (Å²) in [5, 5.41) is 2.11. The average Bonchev–Trinajstić information content (AvgIpc) is 3.00. The number of fused-ring (bicyclic) bond motifs is 1. The maximum atomic E-state index is 5.34. The molecule has 1 N–H and O–H groups in total. The predicted octanol–water partition coefficient (Wildman–Crippen LogP) is 2.06. The smallest absolute Gasteiger partial charge is 0.145 e. The Balaban J connectivity index is 1.60. The minimum atomic E-state index is 0.747. The van der Waals surface area contributed by atoms with Crippen LogP contribution in [0.15, 0.2) is 48.9 Å². The Morgan fingerprint density at radius 2 is 1.91 bits per heavy atom. The topological polar surface area (TPSA) is 54.7 Å². The largest absolute Gasteiger partial charge is 0.379 e. The van der Waals surface area contributed by atoms with Gasteiger partial charge in [0.1, 0.15) is 17.8 Å². The van der Waals surface area contributed by atoms with E-state index in [1.54, 1.807) is 6.33 Å². The molecule has 112 valence electrons. The fraction of sp³-hybridized carbons (Fsp3) is 0.250. The van der Waals surface area contributed by atoms with Crippen LogP contribution in [-0.4, -0.2) is 45.7 Å². The number of benzene rings is 1. The van der Waals surface area contributed by atoms with E-state index in [1.807, 2.05) is 34.9 Å². The van der Waals surface area contributed by atoms with Crippen LogP contribution in [0.25, 0.3) is 16.9 Å². The van der Waals surface area contributed by atoms with Gasteiger partial charge in [0.25, 0.3) is 0 Å². The van der Waals surface area contributed by atoms with Crippen LogP contribution < -0.4 is 5.43 Å². The van der Waals surface area contributed by atoms with Gasteiger partial charge in [0.2, 0.25) is 0 Å². The van der Waals surface area contributed by atoms with Crippen LogP contribution in [0.2, 0.25) is 0 Å². The monoisotopic (exact) mass is 295 g/mol. The number of nitrogens with zero attached hydrogens (tertiary/aromatic N) is 4. The molecule has 3 aromatic rings. The minimum absolute atomic E-state index is 0.747. The van der Waals surface area contributed by atoms with Gasteiger partial charge in [-0.15, -0.1) is 0 Å². The van der Waals surface area contributed by atoms with Gasteiger partial charge in [-0.25, -0.2) is 15.0 Å². The van der Waals surface area contributed by atoms with Crippen LogP contribution in [0.3, 0.4) is 0 Å². The molecule has 1 aliphatic heterocycles. The van der Waals surface area contributed by atoms with Gasteiger partial charge in [-0.1, -0.05) is 30.3 Å². The lowest BCUT2D eigenvalue weighted by Gasteiger charge is -2.27. The third kappa shape index (κ3) is 2.66. The van der Waals surface area contributed by atoms with Gasteiger partial charge < -0.3 is 10.2 Å². The lowest BCUT2D eigenvalue weighted by Crippen LogP contribution is -2.40. The molecule has 0 unspecified atom stereocenters. The Labute approximate surface area is 128 Å². The molecular formula is C16H17N5O. The zero-order valence-corrected chi connectivity index (χ0v) is 12.1. The summed E-state index contributed by atoms with van der Waals surface area (Å²) in [4.78, 5) is 9.11. The van der Waals surface area contributed by atoms with Gasteiger partial charge in [0.05, 0.1) is 18.9 Å². The van der Waals surface area contributed by atoms with E-state index in [9.17, 15) is 0 Å². The molecule has 1 fully saturated rings. The van der Waals surface area contributed by atoms with Gasteiger partial charge in [-0.05, 0) is 0 Å². The zero-order valence-electron chi connectivity index (χ0n) is 12.1. The third-order valence-electron chi connectivity index (χ3n) is 3.70. The highest BCUT2D eigenvalue weighted by Crippen LogP contribution is 2.19. The van der Waals surface area contributed by atoms with Crippen molar-refractivity contribution in [3.05, 3.63) is 48.9 Å². The highest BCUT2D eigenvalue weighted by atomic mass is 16.5. The van der Waals surface area contributed by atoms with E-state index >= 15 is 0 Å². The van der Waals surface area contributed by atoms with Gasteiger partial charge in [0, 0.05) is 30.9 Å². The van der Waals surface area contributed by atoms with Crippen molar-refractivity contribution in [3.63, 3.8) is 0 Å². The molecule has 1 saturated heterocycles. The summed E-state index contributed by atoms with van der Waals surface area (Å²) in [6.07, 6.45) is 3.79. The molecule has 0 amide bonds. The summed E-state index contributed by atoms with van der Waals surface area (Å²) in [7, 11) is 0. The van der Waals surface area contributed by atoms with E-state index in [4.69, 9.17) is 4.74 Å². The molecule has 0 bridgehead atoms. The quantitative estimate of drug-likeness (QED) is 0.801. The van der Waals surface area contributed by atoms with Crippen LogP contribution in [0.4, 0.5) is 5.82 Å². The highest BCUT2D eigenvalue weighted by Gasteiger charge is 2.11. The second kappa shape index (κ2) is 5.75. The Morgan fingerprint density at radius 3 is 2.73 bits per heavy atom. The zero-order chi connectivity index (χ0) is 14.8. The Hall–Kier alpha value is -2.44. The van der Waals surface area contributed by atoms with Gasteiger partial charge in [-0.3, -0.25) is 4.40 Å². The van der Waals surface area contributed by atoms with Crippen LogP contribution in [0.5, 0.6) is 0 Å². The van der Waals surface area contributed by atoms with Gasteiger partial charge in [-0.2, -0.15) is 0 Å². The molecule has 22 heavy (non-hydrogen) atoms. The molecule has 0 aliphatic carbocycles. The molecule has 6 nitrogen and oxygen atoms in total. The highest BCUT2D eigenvalue weighted by molar-refractivity contribution is 5.63. The first-order chi connectivity index (χ1) is 10.9. The van der Waals surface area contributed by atoms with Crippen molar-refractivity contribution < 1.29 is 4.74 Å². The molecule has 0 saturated carbocycles. The molecule has 2 aromatic heterocycles. The molecule has 3 heterocycles. The maximum absolute atomic E-state index is 5.34. The first kappa shape index (κ1) is 13.2. The van der Waals surface area contributed by atoms with Crippen molar-refractivity contribution in [1.82, 2.24) is 19.4 Å². The Morgan fingerprint density at radius 1 is 1.09 bits per heavy atom. The third-order valence-corrected chi connectivity index (χ3v) is 3.70. The van der Waals surface area contributed by atoms with Crippen LogP contribution in [0.1, 0.15) is 0 Å². The Kier molecular flexibility index (Phi) is 3.46. The van der Waals surface area contributed by atoms with E-state index in [0.717, 1.165) is 49.0 Å². The van der Waals surface area contributed by atoms with Crippen molar-refractivity contribution in [1.29, 1.82) is 0 Å². The normalized spacial score (nSPS) is 16.0. The van der Waals surface area contributed by atoms with Crippen molar-refractivity contribution >= 4 is 11.5 Å². The summed E-state index contributed by atoms with van der Waals surface area (Å²) in [6, 6.07) is 12.1. The number of anilines is 1. The molecule has 0 atom stereocenters. The molecular weight excluding hydrogens is 278 g/mol. The number of hydrogen-bond donors (Lipinski definition) is 1. The standard InChI is InChI=1S/C16H17N5O/c1-2-4-13(5-3-1)14-11-20-12-17-15(10-16(20)18-14)19-21-6-8-22-9-7-21/h1-5,10-12,19H,6-9H2. The average molecular weight is 295 g/mol. The van der Waals surface area contributed by atoms with E-state index < -0.39 is 0 Å². The SMILES string of the molecule is c1ccc(-c2cn3cnc(NN4CCOCC4)cc3n2)cc1. The van der Waals surface area contributed by atoms with Crippen LogP contribution in [-0.2, 0) is 4.74 Å². The molecule has 1 aromatic carbocycles. The number of hydrazine groups is 1. The molecule has 0 spiro atoms. The summed E-state index contributed by atoms with van der Waals surface area (Å²) in [5.41, 5.74) is 6.25. The van der Waals surface area contributed by atoms with E-state index in [1.165, 1.54) is 0 Å². The summed E-state index contributed by atoms with van der Waals surface area (Å²) < 4.78 is 7.28. The maximum Gasteiger partial charge on any atom is 0.145 e. The second-order valence-electron chi connectivity index (χ2n) is 5.24. The number of ether oxygens (including phenoxy) is 1. The van der Waals surface area contributed by atoms with E-state index in [-0.39, 0.29) is 0 Å². The van der Waals surface area contributed by atoms with Crippen molar-refractivity contribution in [2.45, 2.75) is 0 Å². The second-order valence-corrected chi connectivity index (χ2v) is 5.24. The molecule has 1 aliphatic rings. The fourth-order valence-electron chi connectivity index (χ4n) is 2.54. The number of hydrogen-bond acceptors (Lipinski definition) is 5. The number of nitrogens with one attached hydrogen (secondary N) is 1. The fourth-order valence-corrected chi connectivity index (χ4v) is 2.54. The van der Waals surface area contributed by atoms with Gasteiger partial charge >= 0.3 is 0 Å². The number of rotatable bonds is 3. The first-order valence-electron chi connectivity index (χ1n) is 7.38. The van der Waals surface area contributed by atoms with Crippen molar-refractivity contribution in [2.75, 3.05) is 31.7 Å². The van der Waals surface area contributed by atoms with Crippen molar-refractivity contribution in [3.8, 4) is 11.3 Å². The van der Waals surface area contributed by atoms with Gasteiger partial charge in [0.15, 0.2) is 0 Å². The van der Waals surface area contributed by atoms with Crippen molar-refractivity contribution in [2.24, 2.45) is 0 Å². The first-order valence-corrected chi connectivity index (χ1v) is 7.38. The van der Waals surface area contributed by atoms with E-state index in [0.29, 0.717) is 0 Å². The minimum Gasteiger partial charge on any atom is -0.379 e. The lowest BCUT2D eigenvalue weighted by atomic mass is 10.2. The number of morpholine rings is 1.